The molecule has 0 saturated heterocycles. The zero-order valence-electron chi connectivity index (χ0n) is 7.58. The van der Waals surface area contributed by atoms with Gasteiger partial charge in [-0.25, -0.2) is 4.98 Å². The van der Waals surface area contributed by atoms with Gasteiger partial charge in [-0.1, -0.05) is 6.92 Å². The van der Waals surface area contributed by atoms with Gasteiger partial charge in [-0.3, -0.25) is 0 Å². The van der Waals surface area contributed by atoms with E-state index >= 15 is 0 Å². The van der Waals surface area contributed by atoms with E-state index in [1.165, 1.54) is 5.69 Å². The Morgan fingerprint density at radius 2 is 2.50 bits per heavy atom. The Bertz CT molecular complexity index is 280. The summed E-state index contributed by atoms with van der Waals surface area (Å²) in [5.74, 6) is 1.70. The highest BCUT2D eigenvalue weighted by Gasteiger charge is 2.14. The van der Waals surface area contributed by atoms with Gasteiger partial charge in [0.25, 0.3) is 0 Å². The smallest absolute Gasteiger partial charge is 0.105 e. The average molecular weight is 166 g/mol. The summed E-state index contributed by atoms with van der Waals surface area (Å²) in [4.78, 5) is 4.26. The molecule has 0 bridgehead atoms. The van der Waals surface area contributed by atoms with E-state index in [2.05, 4.69) is 16.5 Å². The van der Waals surface area contributed by atoms with Gasteiger partial charge in [0, 0.05) is 6.54 Å². The maximum absolute atomic E-state index is 5.49. The van der Waals surface area contributed by atoms with Crippen LogP contribution in [0, 0.1) is 12.8 Å². The number of hydrogen-bond acceptors (Lipinski definition) is 2. The van der Waals surface area contributed by atoms with Crippen molar-refractivity contribution in [3.63, 3.8) is 0 Å². The van der Waals surface area contributed by atoms with E-state index in [1.54, 1.807) is 0 Å². The van der Waals surface area contributed by atoms with E-state index in [1.807, 2.05) is 13.1 Å². The normalized spacial score (nSPS) is 23.3. The van der Waals surface area contributed by atoms with E-state index < -0.39 is 0 Å². The van der Waals surface area contributed by atoms with Gasteiger partial charge < -0.3 is 9.30 Å². The van der Waals surface area contributed by atoms with Gasteiger partial charge in [0.05, 0.1) is 25.1 Å². The molecule has 2 rings (SSSR count). The maximum Gasteiger partial charge on any atom is 0.105 e. The molecule has 0 fully saturated rings. The number of rotatable bonds is 0. The molecule has 1 aliphatic heterocycles. The van der Waals surface area contributed by atoms with E-state index in [-0.39, 0.29) is 0 Å². The number of aryl methyl sites for hydroxylation is 1. The molecule has 0 N–H and O–H groups in total. The van der Waals surface area contributed by atoms with Crippen molar-refractivity contribution in [1.82, 2.24) is 9.55 Å². The van der Waals surface area contributed by atoms with Crippen molar-refractivity contribution in [2.75, 3.05) is 6.61 Å². The topological polar surface area (TPSA) is 27.1 Å². The number of imidazole rings is 1. The number of ether oxygens (including phenoxy) is 1. The second-order valence-corrected chi connectivity index (χ2v) is 3.53. The summed E-state index contributed by atoms with van der Waals surface area (Å²) in [6.07, 6.45) is 1.91. The van der Waals surface area contributed by atoms with Crippen LogP contribution in [-0.2, 0) is 17.9 Å². The summed E-state index contributed by atoms with van der Waals surface area (Å²) in [5, 5.41) is 0. The third-order valence-corrected chi connectivity index (χ3v) is 2.28. The van der Waals surface area contributed by atoms with Crippen LogP contribution in [0.1, 0.15) is 18.4 Å². The van der Waals surface area contributed by atoms with Crippen LogP contribution in [-0.4, -0.2) is 16.2 Å². The predicted octanol–water partition coefficient (Wildman–Crippen LogP) is 1.36. The zero-order chi connectivity index (χ0) is 8.55. The molecule has 1 aromatic heterocycles. The second-order valence-electron chi connectivity index (χ2n) is 3.53. The summed E-state index contributed by atoms with van der Waals surface area (Å²) in [6, 6.07) is 0. The van der Waals surface area contributed by atoms with Gasteiger partial charge in [0.15, 0.2) is 0 Å². The molecule has 3 heteroatoms. The Morgan fingerprint density at radius 1 is 1.67 bits per heavy atom. The molecule has 66 valence electrons. The third kappa shape index (κ3) is 1.25. The fraction of sp³-hybridized carbons (Fsp3) is 0.667. The first-order valence-corrected chi connectivity index (χ1v) is 4.36. The Morgan fingerprint density at radius 3 is 3.33 bits per heavy atom. The SMILES string of the molecule is Cc1ncc2n1CC(C)COC2. The summed E-state index contributed by atoms with van der Waals surface area (Å²) >= 11 is 0. The van der Waals surface area contributed by atoms with Gasteiger partial charge in [-0.2, -0.15) is 0 Å². The highest BCUT2D eigenvalue weighted by Crippen LogP contribution is 2.14. The molecule has 0 spiro atoms. The number of fused-ring (bicyclic) bond motifs is 1. The van der Waals surface area contributed by atoms with Crippen LogP contribution in [0.5, 0.6) is 0 Å². The van der Waals surface area contributed by atoms with E-state index in [0.717, 1.165) is 19.0 Å². The Kier molecular flexibility index (Phi) is 1.89. The third-order valence-electron chi connectivity index (χ3n) is 2.28. The fourth-order valence-electron chi connectivity index (χ4n) is 1.61. The Hall–Kier alpha value is -0.830. The number of nitrogens with zero attached hydrogens (tertiary/aromatic N) is 2. The lowest BCUT2D eigenvalue weighted by molar-refractivity contribution is 0.0998. The fourth-order valence-corrected chi connectivity index (χ4v) is 1.61. The van der Waals surface area contributed by atoms with E-state index in [4.69, 9.17) is 4.74 Å². The average Bonchev–Trinajstić information content (AvgIpc) is 2.31. The van der Waals surface area contributed by atoms with Crippen molar-refractivity contribution in [2.24, 2.45) is 5.92 Å². The van der Waals surface area contributed by atoms with Crippen LogP contribution in [0.3, 0.4) is 0 Å². The minimum atomic E-state index is 0.596. The molecule has 0 amide bonds. The largest absolute Gasteiger partial charge is 0.375 e. The highest BCUT2D eigenvalue weighted by atomic mass is 16.5. The minimum Gasteiger partial charge on any atom is -0.375 e. The molecule has 1 unspecified atom stereocenters. The monoisotopic (exact) mass is 166 g/mol. The minimum absolute atomic E-state index is 0.596. The van der Waals surface area contributed by atoms with E-state index in [9.17, 15) is 0 Å². The molecule has 0 radical (unpaired) electrons. The first-order valence-electron chi connectivity index (χ1n) is 4.36. The van der Waals surface area contributed by atoms with Gasteiger partial charge in [0.2, 0.25) is 0 Å². The lowest BCUT2D eigenvalue weighted by Crippen LogP contribution is -2.10. The van der Waals surface area contributed by atoms with Crippen LogP contribution in [0.2, 0.25) is 0 Å². The molecule has 3 nitrogen and oxygen atoms in total. The molecule has 2 heterocycles. The van der Waals surface area contributed by atoms with Crippen LogP contribution in [0.25, 0.3) is 0 Å². The lowest BCUT2D eigenvalue weighted by Gasteiger charge is -2.09. The van der Waals surface area contributed by atoms with Crippen molar-refractivity contribution in [3.05, 3.63) is 17.7 Å². The molecule has 0 aliphatic carbocycles. The molecule has 1 aromatic rings. The van der Waals surface area contributed by atoms with Crippen molar-refractivity contribution in [3.8, 4) is 0 Å². The van der Waals surface area contributed by atoms with Crippen LogP contribution in [0.4, 0.5) is 0 Å². The molecule has 0 saturated carbocycles. The van der Waals surface area contributed by atoms with Crippen LogP contribution >= 0.6 is 0 Å². The Balaban J connectivity index is 2.33. The first-order chi connectivity index (χ1) is 5.77. The highest BCUT2D eigenvalue weighted by molar-refractivity contribution is 5.04. The van der Waals surface area contributed by atoms with Crippen LogP contribution < -0.4 is 0 Å². The molecule has 0 aromatic carbocycles. The van der Waals surface area contributed by atoms with E-state index in [0.29, 0.717) is 12.5 Å². The quantitative estimate of drug-likeness (QED) is 0.582. The standard InChI is InChI=1S/C9H14N2O/c1-7-4-11-8(2)10-3-9(11)6-12-5-7/h3,7H,4-6H2,1-2H3. The lowest BCUT2D eigenvalue weighted by atomic mass is 10.2. The molecular weight excluding hydrogens is 152 g/mol. The van der Waals surface area contributed by atoms with Gasteiger partial charge in [-0.05, 0) is 12.8 Å². The zero-order valence-corrected chi connectivity index (χ0v) is 7.58. The van der Waals surface area contributed by atoms with Gasteiger partial charge in [-0.15, -0.1) is 0 Å². The summed E-state index contributed by atoms with van der Waals surface area (Å²) < 4.78 is 7.73. The summed E-state index contributed by atoms with van der Waals surface area (Å²) in [5.41, 5.74) is 1.21. The number of aromatic nitrogens is 2. The molecule has 12 heavy (non-hydrogen) atoms. The molecule has 1 atom stereocenters. The van der Waals surface area contributed by atoms with Crippen molar-refractivity contribution < 1.29 is 4.74 Å². The van der Waals surface area contributed by atoms with Crippen molar-refractivity contribution in [2.45, 2.75) is 27.0 Å². The molecular formula is C9H14N2O. The molecule has 1 aliphatic rings. The first kappa shape index (κ1) is 7.80. The van der Waals surface area contributed by atoms with Crippen LogP contribution in [0.15, 0.2) is 6.20 Å². The van der Waals surface area contributed by atoms with Crippen molar-refractivity contribution >= 4 is 0 Å². The predicted molar refractivity (Wildman–Crippen MR) is 45.8 cm³/mol. The maximum atomic E-state index is 5.49. The number of hydrogen-bond donors (Lipinski definition) is 0. The van der Waals surface area contributed by atoms with Gasteiger partial charge >= 0.3 is 0 Å². The van der Waals surface area contributed by atoms with Crippen molar-refractivity contribution in [1.29, 1.82) is 0 Å². The summed E-state index contributed by atoms with van der Waals surface area (Å²) in [6.45, 7) is 6.86. The second kappa shape index (κ2) is 2.90. The Labute approximate surface area is 72.4 Å². The summed E-state index contributed by atoms with van der Waals surface area (Å²) in [7, 11) is 0. The van der Waals surface area contributed by atoms with Gasteiger partial charge in [0.1, 0.15) is 5.82 Å².